The van der Waals surface area contributed by atoms with E-state index in [9.17, 15) is 9.59 Å². The number of carboxylic acids is 1. The predicted octanol–water partition coefficient (Wildman–Crippen LogP) is 4.86. The summed E-state index contributed by atoms with van der Waals surface area (Å²) < 4.78 is 5.15. The molecule has 0 spiro atoms. The van der Waals surface area contributed by atoms with Crippen LogP contribution < -0.4 is 4.74 Å². The number of hydrogen-bond donors (Lipinski definition) is 1. The average molecular weight is 425 g/mol. The minimum Gasteiger partial charge on any atom is -0.482 e. The lowest BCUT2D eigenvalue weighted by Crippen LogP contribution is -2.36. The number of amides is 1. The zero-order valence-corrected chi connectivity index (χ0v) is 18.0. The molecular weight excluding hydrogens is 400 g/mol. The summed E-state index contributed by atoms with van der Waals surface area (Å²) in [5, 5.41) is 9.36. The zero-order valence-electron chi connectivity index (χ0n) is 17.2. The number of aryl methyl sites for hydroxylation is 1. The van der Waals surface area contributed by atoms with Crippen LogP contribution in [0.3, 0.4) is 0 Å². The Morgan fingerprint density at radius 3 is 2.47 bits per heavy atom. The van der Waals surface area contributed by atoms with Crippen molar-refractivity contribution >= 4 is 40.6 Å². The van der Waals surface area contributed by atoms with Gasteiger partial charge >= 0.3 is 5.97 Å². The number of carboxylic acid groups (broad SMARTS) is 1. The first-order valence-corrected chi connectivity index (χ1v) is 10.5. The summed E-state index contributed by atoms with van der Waals surface area (Å²) in [4.78, 5) is 30.7. The fourth-order valence-electron chi connectivity index (χ4n) is 2.82. The van der Waals surface area contributed by atoms with Crippen LogP contribution in [0.15, 0.2) is 58.4 Å². The zero-order chi connectivity index (χ0) is 21.7. The topological polar surface area (TPSA) is 79.2 Å². The summed E-state index contributed by atoms with van der Waals surface area (Å²) in [7, 11) is 0. The van der Waals surface area contributed by atoms with Crippen molar-refractivity contribution in [2.24, 2.45) is 4.99 Å². The van der Waals surface area contributed by atoms with Crippen LogP contribution in [0.2, 0.25) is 0 Å². The Labute approximate surface area is 180 Å². The molecule has 1 fully saturated rings. The summed E-state index contributed by atoms with van der Waals surface area (Å²) in [5.41, 5.74) is 2.80. The van der Waals surface area contributed by atoms with Crippen LogP contribution >= 0.6 is 11.8 Å². The first kappa shape index (κ1) is 21.6. The second-order valence-electron chi connectivity index (χ2n) is 7.02. The molecule has 2 aromatic rings. The summed E-state index contributed by atoms with van der Waals surface area (Å²) >= 11 is 1.36. The second-order valence-corrected chi connectivity index (χ2v) is 8.03. The van der Waals surface area contributed by atoms with Crippen molar-refractivity contribution in [3.8, 4) is 5.75 Å². The van der Waals surface area contributed by atoms with E-state index in [1.54, 1.807) is 29.2 Å². The van der Waals surface area contributed by atoms with E-state index in [1.807, 2.05) is 51.1 Å². The maximum absolute atomic E-state index is 13.1. The molecule has 0 bridgehead atoms. The molecule has 1 atom stereocenters. The van der Waals surface area contributed by atoms with Gasteiger partial charge in [-0.1, -0.05) is 36.8 Å². The Morgan fingerprint density at radius 1 is 1.20 bits per heavy atom. The molecule has 30 heavy (non-hydrogen) atoms. The molecule has 1 saturated heterocycles. The fourth-order valence-corrected chi connectivity index (χ4v) is 3.91. The van der Waals surface area contributed by atoms with Gasteiger partial charge in [0.2, 0.25) is 0 Å². The monoisotopic (exact) mass is 424 g/mol. The van der Waals surface area contributed by atoms with Gasteiger partial charge in [-0.25, -0.2) is 9.79 Å². The molecule has 1 heterocycles. The predicted molar refractivity (Wildman–Crippen MR) is 120 cm³/mol. The maximum Gasteiger partial charge on any atom is 0.341 e. The summed E-state index contributed by atoms with van der Waals surface area (Å²) in [6, 6.07) is 14.9. The Kier molecular flexibility index (Phi) is 6.95. The van der Waals surface area contributed by atoms with Gasteiger partial charge < -0.3 is 9.84 Å². The highest BCUT2D eigenvalue weighted by atomic mass is 32.2. The van der Waals surface area contributed by atoms with Gasteiger partial charge in [-0.2, -0.15) is 0 Å². The molecule has 7 heteroatoms. The van der Waals surface area contributed by atoms with Crippen LogP contribution in [0.1, 0.15) is 31.4 Å². The van der Waals surface area contributed by atoms with Crippen LogP contribution in [0.5, 0.6) is 5.75 Å². The smallest absolute Gasteiger partial charge is 0.341 e. The first-order chi connectivity index (χ1) is 14.4. The molecule has 1 amide bonds. The van der Waals surface area contributed by atoms with Gasteiger partial charge in [0.15, 0.2) is 11.8 Å². The third-order valence-corrected chi connectivity index (χ3v) is 5.65. The molecular formula is C23H24N2O4S. The van der Waals surface area contributed by atoms with E-state index in [0.29, 0.717) is 15.8 Å². The lowest BCUT2D eigenvalue weighted by atomic mass is 10.2. The largest absolute Gasteiger partial charge is 0.482 e. The molecule has 156 valence electrons. The number of rotatable bonds is 7. The number of ether oxygens (including phenoxy) is 1. The number of aliphatic carboxylic acids is 1. The number of carbonyl (C=O) groups is 2. The van der Waals surface area contributed by atoms with Crippen LogP contribution in [0.25, 0.3) is 6.08 Å². The number of benzene rings is 2. The Balaban J connectivity index is 1.85. The lowest BCUT2D eigenvalue weighted by Gasteiger charge is -2.22. The molecule has 1 aliphatic heterocycles. The third kappa shape index (κ3) is 5.30. The van der Waals surface area contributed by atoms with Gasteiger partial charge in [-0.15, -0.1) is 0 Å². The fraction of sp³-hybridized carbons (Fsp3) is 0.261. The first-order valence-electron chi connectivity index (χ1n) is 9.70. The molecule has 0 aliphatic carbocycles. The van der Waals surface area contributed by atoms with Crippen LogP contribution in [0, 0.1) is 6.92 Å². The quantitative estimate of drug-likeness (QED) is 0.642. The third-order valence-electron chi connectivity index (χ3n) is 4.67. The highest BCUT2D eigenvalue weighted by Gasteiger charge is 2.36. The Morgan fingerprint density at radius 2 is 1.87 bits per heavy atom. The normalized spacial score (nSPS) is 17.6. The molecule has 0 aromatic heterocycles. The lowest BCUT2D eigenvalue weighted by molar-refractivity contribution is -0.139. The molecule has 6 nitrogen and oxygen atoms in total. The van der Waals surface area contributed by atoms with Crippen LogP contribution in [0.4, 0.5) is 5.69 Å². The number of hydrogen-bond acceptors (Lipinski definition) is 5. The minimum absolute atomic E-state index is 0.0342. The molecule has 1 aliphatic rings. The van der Waals surface area contributed by atoms with Gasteiger partial charge in [-0.05, 0) is 67.9 Å². The molecule has 0 unspecified atom stereocenters. The van der Waals surface area contributed by atoms with E-state index in [-0.39, 0.29) is 11.9 Å². The van der Waals surface area contributed by atoms with Gasteiger partial charge in [0.05, 0.1) is 10.6 Å². The minimum atomic E-state index is -1.03. The molecule has 0 radical (unpaired) electrons. The molecule has 3 rings (SSSR count). The van der Waals surface area contributed by atoms with E-state index < -0.39 is 12.6 Å². The summed E-state index contributed by atoms with van der Waals surface area (Å²) in [5.74, 6) is -0.626. The van der Waals surface area contributed by atoms with Crippen LogP contribution in [-0.4, -0.2) is 39.7 Å². The molecule has 0 saturated carbocycles. The number of amidine groups is 1. The van der Waals surface area contributed by atoms with Crippen molar-refractivity contribution in [1.29, 1.82) is 0 Å². The van der Waals surface area contributed by atoms with Gasteiger partial charge in [0.1, 0.15) is 5.75 Å². The number of aliphatic imine (C=N–C) groups is 1. The summed E-state index contributed by atoms with van der Waals surface area (Å²) in [6.07, 6.45) is 2.64. The average Bonchev–Trinajstić information content (AvgIpc) is 3.03. The van der Waals surface area contributed by atoms with Crippen molar-refractivity contribution in [3.05, 3.63) is 64.6 Å². The van der Waals surface area contributed by atoms with E-state index in [4.69, 9.17) is 14.8 Å². The van der Waals surface area contributed by atoms with Gasteiger partial charge in [0, 0.05) is 6.04 Å². The number of nitrogens with zero attached hydrogens (tertiary/aromatic N) is 2. The van der Waals surface area contributed by atoms with Crippen molar-refractivity contribution in [1.82, 2.24) is 4.90 Å². The Bertz CT molecular complexity index is 981. The van der Waals surface area contributed by atoms with E-state index in [1.165, 1.54) is 11.8 Å². The van der Waals surface area contributed by atoms with E-state index in [0.717, 1.165) is 23.2 Å². The molecule has 1 N–H and O–H groups in total. The van der Waals surface area contributed by atoms with Crippen molar-refractivity contribution in [2.75, 3.05) is 6.61 Å². The van der Waals surface area contributed by atoms with Crippen molar-refractivity contribution in [2.45, 2.75) is 33.2 Å². The second kappa shape index (κ2) is 9.63. The highest BCUT2D eigenvalue weighted by Crippen LogP contribution is 2.36. The number of thioether (sulfide) groups is 1. The van der Waals surface area contributed by atoms with Gasteiger partial charge in [-0.3, -0.25) is 9.69 Å². The van der Waals surface area contributed by atoms with Gasteiger partial charge in [0.25, 0.3) is 5.91 Å². The summed E-state index contributed by atoms with van der Waals surface area (Å²) in [6.45, 7) is 5.69. The Hall–Kier alpha value is -3.06. The maximum atomic E-state index is 13.1. The van der Waals surface area contributed by atoms with E-state index >= 15 is 0 Å². The highest BCUT2D eigenvalue weighted by molar-refractivity contribution is 8.18. The van der Waals surface area contributed by atoms with E-state index in [2.05, 4.69) is 0 Å². The van der Waals surface area contributed by atoms with Crippen molar-refractivity contribution in [3.63, 3.8) is 0 Å². The molecule has 2 aromatic carbocycles. The standard InChI is InChI=1S/C23H24N2O4S/c1-4-16(3)25-22(28)20(30-23(25)24-18-9-5-15(2)6-10-18)13-17-7-11-19(12-8-17)29-14-21(26)27/h5-13,16H,4,14H2,1-3H3,(H,26,27)/b20-13+,24-23?/t16-/m1/s1. The number of carbonyl (C=O) groups excluding carboxylic acids is 1. The SMILES string of the molecule is CC[C@@H](C)N1C(=O)/C(=C\c2ccc(OCC(=O)O)cc2)SC1=Nc1ccc(C)cc1. The van der Waals surface area contributed by atoms with Crippen molar-refractivity contribution < 1.29 is 19.4 Å². The van der Waals surface area contributed by atoms with Crippen LogP contribution in [-0.2, 0) is 9.59 Å².